The molecule has 0 aliphatic rings. The van der Waals surface area contributed by atoms with Crippen LogP contribution in [0.15, 0.2) is 42.5 Å². The highest BCUT2D eigenvalue weighted by molar-refractivity contribution is 6.42. The van der Waals surface area contributed by atoms with Gasteiger partial charge in [0.1, 0.15) is 0 Å². The first kappa shape index (κ1) is 19.9. The maximum atomic E-state index is 12.5. The Balaban J connectivity index is 1.72. The molecule has 3 rings (SSSR count). The van der Waals surface area contributed by atoms with Crippen molar-refractivity contribution in [1.29, 1.82) is 0 Å². The zero-order valence-electron chi connectivity index (χ0n) is 15.2. The number of carbonyl (C=O) groups is 2. The van der Waals surface area contributed by atoms with Gasteiger partial charge in [-0.15, -0.1) is 5.10 Å². The van der Waals surface area contributed by atoms with Crippen molar-refractivity contribution in [2.45, 2.75) is 13.5 Å². The van der Waals surface area contributed by atoms with E-state index in [1.54, 1.807) is 55.1 Å². The number of rotatable bonds is 5. The van der Waals surface area contributed by atoms with E-state index in [1.165, 1.54) is 0 Å². The second-order valence-corrected chi connectivity index (χ2v) is 6.85. The number of hydrogen-bond donors (Lipinski definition) is 2. The zero-order valence-corrected chi connectivity index (χ0v) is 16.7. The standard InChI is InChI=1S/C19H17Cl2N5O2/c1-11-17(19(28)23-14-6-4-13(5-7-14)18(27)22-2)24-25-26(11)10-12-3-8-15(20)16(21)9-12/h3-9H,10H2,1-2H3,(H,22,27)(H,23,28). The monoisotopic (exact) mass is 417 g/mol. The Bertz CT molecular complexity index is 1030. The van der Waals surface area contributed by atoms with Crippen LogP contribution >= 0.6 is 23.2 Å². The van der Waals surface area contributed by atoms with Crippen molar-refractivity contribution >= 4 is 40.7 Å². The summed E-state index contributed by atoms with van der Waals surface area (Å²) in [5.74, 6) is -0.579. The van der Waals surface area contributed by atoms with Gasteiger partial charge in [0, 0.05) is 18.3 Å². The number of anilines is 1. The Morgan fingerprint density at radius 3 is 2.39 bits per heavy atom. The first-order valence-electron chi connectivity index (χ1n) is 8.36. The molecule has 144 valence electrons. The molecule has 7 nitrogen and oxygen atoms in total. The fourth-order valence-corrected chi connectivity index (χ4v) is 2.89. The molecule has 0 aliphatic heterocycles. The Hall–Kier alpha value is -2.90. The third-order valence-electron chi connectivity index (χ3n) is 4.15. The predicted molar refractivity (Wildman–Crippen MR) is 108 cm³/mol. The van der Waals surface area contributed by atoms with Crippen molar-refractivity contribution in [3.63, 3.8) is 0 Å². The van der Waals surface area contributed by atoms with Gasteiger partial charge < -0.3 is 10.6 Å². The van der Waals surface area contributed by atoms with Gasteiger partial charge >= 0.3 is 0 Å². The number of carbonyl (C=O) groups excluding carboxylic acids is 2. The highest BCUT2D eigenvalue weighted by Gasteiger charge is 2.17. The van der Waals surface area contributed by atoms with Crippen molar-refractivity contribution < 1.29 is 9.59 Å². The summed E-state index contributed by atoms with van der Waals surface area (Å²) in [4.78, 5) is 24.1. The first-order chi connectivity index (χ1) is 13.4. The summed E-state index contributed by atoms with van der Waals surface area (Å²) < 4.78 is 1.61. The van der Waals surface area contributed by atoms with Gasteiger partial charge in [-0.25, -0.2) is 4.68 Å². The van der Waals surface area contributed by atoms with Crippen LogP contribution in [0.1, 0.15) is 32.1 Å². The summed E-state index contributed by atoms with van der Waals surface area (Å²) in [6, 6.07) is 11.9. The summed E-state index contributed by atoms with van der Waals surface area (Å²) in [5, 5.41) is 14.3. The minimum Gasteiger partial charge on any atom is -0.355 e. The van der Waals surface area contributed by atoms with E-state index in [1.807, 2.05) is 6.07 Å². The van der Waals surface area contributed by atoms with Crippen LogP contribution in [0.3, 0.4) is 0 Å². The maximum absolute atomic E-state index is 12.5. The van der Waals surface area contributed by atoms with Gasteiger partial charge in [0.25, 0.3) is 11.8 Å². The molecule has 0 fully saturated rings. The van der Waals surface area contributed by atoms with Crippen LogP contribution in [0.5, 0.6) is 0 Å². The van der Waals surface area contributed by atoms with E-state index >= 15 is 0 Å². The average Bonchev–Trinajstić information content (AvgIpc) is 3.05. The normalized spacial score (nSPS) is 10.6. The quantitative estimate of drug-likeness (QED) is 0.663. The summed E-state index contributed by atoms with van der Waals surface area (Å²) in [6.07, 6.45) is 0. The lowest BCUT2D eigenvalue weighted by Crippen LogP contribution is -2.18. The van der Waals surface area contributed by atoms with Crippen molar-refractivity contribution in [3.8, 4) is 0 Å². The molecule has 3 aromatic rings. The predicted octanol–water partition coefficient (Wildman–Crippen LogP) is 3.55. The van der Waals surface area contributed by atoms with E-state index < -0.39 is 0 Å². The molecule has 2 N–H and O–H groups in total. The molecule has 0 unspecified atom stereocenters. The van der Waals surface area contributed by atoms with E-state index in [0.29, 0.717) is 33.5 Å². The van der Waals surface area contributed by atoms with Gasteiger partial charge in [0.05, 0.1) is 22.3 Å². The Kier molecular flexibility index (Phi) is 5.96. The summed E-state index contributed by atoms with van der Waals surface area (Å²) in [7, 11) is 1.56. The van der Waals surface area contributed by atoms with Crippen LogP contribution in [-0.4, -0.2) is 33.9 Å². The molecule has 0 aliphatic carbocycles. The lowest BCUT2D eigenvalue weighted by atomic mass is 10.2. The maximum Gasteiger partial charge on any atom is 0.278 e. The van der Waals surface area contributed by atoms with Crippen LogP contribution in [0.4, 0.5) is 5.69 Å². The van der Waals surface area contributed by atoms with Crippen LogP contribution in [0.25, 0.3) is 0 Å². The molecule has 9 heteroatoms. The van der Waals surface area contributed by atoms with Gasteiger partial charge in [-0.1, -0.05) is 34.5 Å². The van der Waals surface area contributed by atoms with Crippen LogP contribution < -0.4 is 10.6 Å². The summed E-state index contributed by atoms with van der Waals surface area (Å²) in [5.41, 5.74) is 2.78. The van der Waals surface area contributed by atoms with Crippen molar-refractivity contribution in [1.82, 2.24) is 20.3 Å². The van der Waals surface area contributed by atoms with Crippen molar-refractivity contribution in [2.75, 3.05) is 12.4 Å². The largest absolute Gasteiger partial charge is 0.355 e. The van der Waals surface area contributed by atoms with E-state index in [-0.39, 0.29) is 17.5 Å². The van der Waals surface area contributed by atoms with Gasteiger partial charge in [0.15, 0.2) is 5.69 Å². The molecule has 1 aromatic heterocycles. The molecular weight excluding hydrogens is 401 g/mol. The number of halogens is 2. The molecule has 0 saturated carbocycles. The second-order valence-electron chi connectivity index (χ2n) is 6.04. The van der Waals surface area contributed by atoms with Crippen molar-refractivity contribution in [2.24, 2.45) is 0 Å². The molecular formula is C19H17Cl2N5O2. The zero-order chi connectivity index (χ0) is 20.3. The highest BCUT2D eigenvalue weighted by Crippen LogP contribution is 2.23. The molecule has 0 saturated heterocycles. The van der Waals surface area contributed by atoms with E-state index in [2.05, 4.69) is 20.9 Å². The van der Waals surface area contributed by atoms with Gasteiger partial charge in [0.2, 0.25) is 0 Å². The van der Waals surface area contributed by atoms with Crippen molar-refractivity contribution in [3.05, 3.63) is 75.0 Å². The Labute approximate surface area is 171 Å². The first-order valence-corrected chi connectivity index (χ1v) is 9.12. The number of aromatic nitrogens is 3. The van der Waals surface area contributed by atoms with Crippen LogP contribution in [-0.2, 0) is 6.54 Å². The topological polar surface area (TPSA) is 88.9 Å². The smallest absolute Gasteiger partial charge is 0.278 e. The number of amides is 2. The third kappa shape index (κ3) is 4.32. The van der Waals surface area contributed by atoms with E-state index in [4.69, 9.17) is 23.2 Å². The number of benzene rings is 2. The number of nitrogens with zero attached hydrogens (tertiary/aromatic N) is 3. The minimum absolute atomic E-state index is 0.195. The van der Waals surface area contributed by atoms with Gasteiger partial charge in [-0.2, -0.15) is 0 Å². The molecule has 0 spiro atoms. The van der Waals surface area contributed by atoms with Crippen LogP contribution in [0, 0.1) is 6.92 Å². The number of hydrogen-bond acceptors (Lipinski definition) is 4. The van der Waals surface area contributed by atoms with E-state index in [0.717, 1.165) is 5.56 Å². The third-order valence-corrected chi connectivity index (χ3v) is 4.89. The molecule has 0 atom stereocenters. The highest BCUT2D eigenvalue weighted by atomic mass is 35.5. The summed E-state index contributed by atoms with van der Waals surface area (Å²) >= 11 is 12.0. The average molecular weight is 418 g/mol. The Morgan fingerprint density at radius 1 is 1.04 bits per heavy atom. The molecule has 2 aromatic carbocycles. The van der Waals surface area contributed by atoms with Gasteiger partial charge in [-0.3, -0.25) is 9.59 Å². The molecule has 28 heavy (non-hydrogen) atoms. The fourth-order valence-electron chi connectivity index (χ4n) is 2.57. The summed E-state index contributed by atoms with van der Waals surface area (Å²) in [6.45, 7) is 2.17. The molecule has 0 radical (unpaired) electrons. The lowest BCUT2D eigenvalue weighted by Gasteiger charge is -2.07. The molecule has 1 heterocycles. The fraction of sp³-hybridized carbons (Fsp3) is 0.158. The van der Waals surface area contributed by atoms with Gasteiger partial charge in [-0.05, 0) is 48.9 Å². The van der Waals surface area contributed by atoms with Crippen LogP contribution in [0.2, 0.25) is 10.0 Å². The van der Waals surface area contributed by atoms with E-state index in [9.17, 15) is 9.59 Å². The molecule has 2 amide bonds. The lowest BCUT2D eigenvalue weighted by molar-refractivity contribution is 0.0962. The second kappa shape index (κ2) is 8.41. The SMILES string of the molecule is CNC(=O)c1ccc(NC(=O)c2nnn(Cc3ccc(Cl)c(Cl)c3)c2C)cc1. The minimum atomic E-state index is -0.384. The number of nitrogens with one attached hydrogen (secondary N) is 2. The molecule has 0 bridgehead atoms. The Morgan fingerprint density at radius 2 is 1.75 bits per heavy atom.